The van der Waals surface area contributed by atoms with Crippen molar-refractivity contribution < 1.29 is 0 Å². The first-order valence-electron chi connectivity index (χ1n) is 0.845. The van der Waals surface area contributed by atoms with Crippen LogP contribution in [0.15, 0.2) is 0 Å². The quantitative estimate of drug-likeness (QED) is 0.606. The standard InChI is InChI=1S/Cl5P.H3N/c1-6(2,3,4)5;/h;1H3. The molecule has 0 aromatic rings. The Hall–Kier alpha value is 1.84. The fourth-order valence-corrected chi connectivity index (χ4v) is 0. The summed E-state index contributed by atoms with van der Waals surface area (Å²) in [6.45, 7) is 0. The van der Waals surface area contributed by atoms with Gasteiger partial charge in [0, 0.05) is 0 Å². The summed E-state index contributed by atoms with van der Waals surface area (Å²) in [7, 11) is 0. The van der Waals surface area contributed by atoms with E-state index in [0.717, 1.165) is 0 Å². The maximum atomic E-state index is 4.98. The minimum atomic E-state index is -3.69. The van der Waals surface area contributed by atoms with E-state index in [-0.39, 0.29) is 6.15 Å². The molecule has 0 rings (SSSR count). The van der Waals surface area contributed by atoms with Gasteiger partial charge in [-0.05, 0) is 0 Å². The summed E-state index contributed by atoms with van der Waals surface area (Å²) in [5, 5.41) is 0. The van der Waals surface area contributed by atoms with Gasteiger partial charge in [-0.2, -0.15) is 0 Å². The molecule has 0 saturated carbocycles. The van der Waals surface area contributed by atoms with Crippen LogP contribution in [-0.2, 0) is 0 Å². The molecule has 1 nitrogen and oxygen atoms in total. The Balaban J connectivity index is 0. The van der Waals surface area contributed by atoms with Gasteiger partial charge < -0.3 is 6.15 Å². The van der Waals surface area contributed by atoms with Crippen LogP contribution in [0.3, 0.4) is 0 Å². The van der Waals surface area contributed by atoms with E-state index in [1.807, 2.05) is 0 Å². The van der Waals surface area contributed by atoms with Gasteiger partial charge >= 0.3 is 59.6 Å². The van der Waals surface area contributed by atoms with Crippen molar-refractivity contribution in [3.05, 3.63) is 0 Å². The molecule has 0 aliphatic heterocycles. The molecule has 0 aromatic heterocycles. The van der Waals surface area contributed by atoms with E-state index >= 15 is 0 Å². The minimum Gasteiger partial charge on any atom is -0.344 e. The largest absolute Gasteiger partial charge is 0.344 e. The molecule has 0 spiro atoms. The number of rotatable bonds is 0. The van der Waals surface area contributed by atoms with Crippen LogP contribution in [0.1, 0.15) is 0 Å². The van der Waals surface area contributed by atoms with Gasteiger partial charge in [0.2, 0.25) is 0 Å². The first-order chi connectivity index (χ1) is 2.24. The van der Waals surface area contributed by atoms with Gasteiger partial charge in [-0.3, -0.25) is 0 Å². The molecule has 0 amide bonds. The fourth-order valence-electron chi connectivity index (χ4n) is 0. The second kappa shape index (κ2) is 2.62. The van der Waals surface area contributed by atoms with Crippen molar-refractivity contribution in [3.8, 4) is 0 Å². The van der Waals surface area contributed by atoms with Gasteiger partial charge in [-0.15, -0.1) is 0 Å². The molecule has 0 saturated heterocycles. The average Bonchev–Trinajstić information content (AvgIpc) is 0.650. The Kier molecular flexibility index (Phi) is 4.34. The van der Waals surface area contributed by atoms with E-state index in [1.54, 1.807) is 0 Å². The fraction of sp³-hybridized carbons (Fsp3) is 0. The van der Waals surface area contributed by atoms with Gasteiger partial charge in [0.15, 0.2) is 0 Å². The van der Waals surface area contributed by atoms with Crippen molar-refractivity contribution in [1.82, 2.24) is 6.15 Å². The minimum absolute atomic E-state index is 0. The summed E-state index contributed by atoms with van der Waals surface area (Å²) in [6.07, 6.45) is 0. The molecule has 48 valence electrons. The Morgan fingerprint density at radius 1 is 0.714 bits per heavy atom. The third kappa shape index (κ3) is 79.0. The van der Waals surface area contributed by atoms with Gasteiger partial charge in [-0.1, -0.05) is 0 Å². The first kappa shape index (κ1) is 11.6. The Labute approximate surface area is 65.7 Å². The Morgan fingerprint density at radius 3 is 0.714 bits per heavy atom. The molecule has 0 aliphatic carbocycles. The van der Waals surface area contributed by atoms with Gasteiger partial charge in [0.1, 0.15) is 0 Å². The summed E-state index contributed by atoms with van der Waals surface area (Å²) in [5.41, 5.74) is 0. The Morgan fingerprint density at radius 2 is 0.714 bits per heavy atom. The topological polar surface area (TPSA) is 35.0 Å². The molecular weight excluding hydrogens is 222 g/mol. The number of hydrogen-bond donors (Lipinski definition) is 1. The molecule has 7 heteroatoms. The molecule has 3 N–H and O–H groups in total. The molecule has 0 aromatic carbocycles. The van der Waals surface area contributed by atoms with Crippen LogP contribution >= 0.6 is 59.6 Å². The van der Waals surface area contributed by atoms with Crippen molar-refractivity contribution in [3.63, 3.8) is 0 Å². The maximum Gasteiger partial charge on any atom is -0.344 e. The molecule has 0 aliphatic rings. The van der Waals surface area contributed by atoms with Crippen molar-refractivity contribution in [2.24, 2.45) is 0 Å². The van der Waals surface area contributed by atoms with E-state index in [1.165, 1.54) is 0 Å². The zero-order valence-corrected chi connectivity index (χ0v) is 7.72. The SMILES string of the molecule is ClP(Cl)(Cl)(Cl)Cl.N. The van der Waals surface area contributed by atoms with E-state index in [2.05, 4.69) is 0 Å². The van der Waals surface area contributed by atoms with Crippen molar-refractivity contribution in [1.29, 1.82) is 0 Å². The summed E-state index contributed by atoms with van der Waals surface area (Å²) in [5.74, 6) is 0. The van der Waals surface area contributed by atoms with Crippen molar-refractivity contribution in [2.75, 3.05) is 0 Å². The summed E-state index contributed by atoms with van der Waals surface area (Å²) in [6, 6.07) is 0. The third-order valence-electron chi connectivity index (χ3n) is 0. The normalized spacial score (nSPS) is 16.4. The molecule has 0 heterocycles. The van der Waals surface area contributed by atoms with Crippen molar-refractivity contribution >= 4 is 59.6 Å². The zero-order chi connectivity index (χ0) is 5.45. The molecule has 0 fully saturated rings. The van der Waals surface area contributed by atoms with E-state index in [4.69, 9.17) is 56.2 Å². The maximum absolute atomic E-state index is 4.98. The van der Waals surface area contributed by atoms with E-state index in [9.17, 15) is 0 Å². The van der Waals surface area contributed by atoms with Crippen LogP contribution in [0.4, 0.5) is 0 Å². The molecule has 0 bridgehead atoms. The molecular formula is H3Cl5NP. The Bertz CT molecular complexity index is 41.3. The van der Waals surface area contributed by atoms with Crippen LogP contribution < -0.4 is 6.15 Å². The van der Waals surface area contributed by atoms with Crippen molar-refractivity contribution in [2.45, 2.75) is 0 Å². The molecule has 0 atom stereocenters. The summed E-state index contributed by atoms with van der Waals surface area (Å²) < 4.78 is -3.69. The number of halogens is 5. The van der Waals surface area contributed by atoms with Crippen LogP contribution in [0.25, 0.3) is 0 Å². The molecule has 0 radical (unpaired) electrons. The second-order valence-electron chi connectivity index (χ2n) is 0.639. The predicted octanol–water partition coefficient (Wildman–Crippen LogP) is 4.47. The smallest absolute Gasteiger partial charge is 0.344 e. The summed E-state index contributed by atoms with van der Waals surface area (Å²) in [4.78, 5) is 0. The van der Waals surface area contributed by atoms with Gasteiger partial charge in [-0.25, -0.2) is 0 Å². The van der Waals surface area contributed by atoms with Crippen LogP contribution in [0.5, 0.6) is 0 Å². The second-order valence-corrected chi connectivity index (χ2v) is 17.2. The number of hydrogen-bond acceptors (Lipinski definition) is 1. The van der Waals surface area contributed by atoms with Crippen LogP contribution in [0, 0.1) is 0 Å². The molecule has 7 heavy (non-hydrogen) atoms. The monoisotopic (exact) mass is 223 g/mol. The van der Waals surface area contributed by atoms with Crippen LogP contribution in [0.2, 0.25) is 0 Å². The van der Waals surface area contributed by atoms with Crippen LogP contribution in [-0.4, -0.2) is 0 Å². The first-order valence-corrected chi connectivity index (χ1v) is 7.61. The van der Waals surface area contributed by atoms with Gasteiger partial charge in [0.25, 0.3) is 0 Å². The predicted molar refractivity (Wildman–Crippen MR) is 41.2 cm³/mol. The van der Waals surface area contributed by atoms with E-state index < -0.39 is 3.37 Å². The van der Waals surface area contributed by atoms with Gasteiger partial charge in [0.05, 0.1) is 0 Å². The average molecular weight is 225 g/mol. The third-order valence-corrected chi connectivity index (χ3v) is 0. The molecule has 0 unspecified atom stereocenters. The van der Waals surface area contributed by atoms with E-state index in [0.29, 0.717) is 0 Å². The summed E-state index contributed by atoms with van der Waals surface area (Å²) >= 11 is 24.9. The zero-order valence-electron chi connectivity index (χ0n) is 3.04.